The SMILES string of the molecule is Cc1cc(OCC(=O)O)ccc1NC(=O)C(C)CCc1cccc(F)c1. The summed E-state index contributed by atoms with van der Waals surface area (Å²) in [7, 11) is 0. The van der Waals surface area contributed by atoms with Gasteiger partial charge in [-0.15, -0.1) is 0 Å². The zero-order valence-electron chi connectivity index (χ0n) is 14.8. The van der Waals surface area contributed by atoms with E-state index < -0.39 is 12.6 Å². The Bertz CT molecular complexity index is 791. The van der Waals surface area contributed by atoms with Crippen LogP contribution in [0.5, 0.6) is 5.75 Å². The van der Waals surface area contributed by atoms with Crippen LogP contribution in [0.1, 0.15) is 24.5 Å². The van der Waals surface area contributed by atoms with Crippen molar-refractivity contribution < 1.29 is 23.8 Å². The Morgan fingerprint density at radius 2 is 2.00 bits per heavy atom. The van der Waals surface area contributed by atoms with Crippen LogP contribution in [0.4, 0.5) is 10.1 Å². The van der Waals surface area contributed by atoms with Crippen molar-refractivity contribution in [3.63, 3.8) is 0 Å². The maximum absolute atomic E-state index is 13.2. The summed E-state index contributed by atoms with van der Waals surface area (Å²) < 4.78 is 18.3. The first-order valence-electron chi connectivity index (χ1n) is 8.35. The molecule has 0 radical (unpaired) electrons. The molecule has 26 heavy (non-hydrogen) atoms. The molecule has 0 bridgehead atoms. The van der Waals surface area contributed by atoms with Gasteiger partial charge in [0, 0.05) is 11.6 Å². The van der Waals surface area contributed by atoms with E-state index in [2.05, 4.69) is 5.32 Å². The molecule has 2 aromatic rings. The lowest BCUT2D eigenvalue weighted by atomic mass is 10.00. The van der Waals surface area contributed by atoms with Crippen molar-refractivity contribution in [3.05, 3.63) is 59.4 Å². The van der Waals surface area contributed by atoms with Crippen molar-refractivity contribution in [1.82, 2.24) is 0 Å². The number of carboxylic acids is 1. The lowest BCUT2D eigenvalue weighted by Gasteiger charge is -2.14. The number of aryl methyl sites for hydroxylation is 2. The van der Waals surface area contributed by atoms with E-state index in [4.69, 9.17) is 9.84 Å². The van der Waals surface area contributed by atoms with E-state index in [1.165, 1.54) is 12.1 Å². The van der Waals surface area contributed by atoms with E-state index in [0.29, 0.717) is 24.3 Å². The van der Waals surface area contributed by atoms with Crippen molar-refractivity contribution in [2.75, 3.05) is 11.9 Å². The number of aliphatic carboxylic acids is 1. The summed E-state index contributed by atoms with van der Waals surface area (Å²) in [4.78, 5) is 22.9. The maximum atomic E-state index is 13.2. The highest BCUT2D eigenvalue weighted by molar-refractivity contribution is 5.93. The average Bonchev–Trinajstić information content (AvgIpc) is 2.60. The van der Waals surface area contributed by atoms with E-state index in [1.54, 1.807) is 31.2 Å². The Morgan fingerprint density at radius 1 is 1.23 bits per heavy atom. The van der Waals surface area contributed by atoms with E-state index in [-0.39, 0.29) is 17.6 Å². The number of anilines is 1. The summed E-state index contributed by atoms with van der Waals surface area (Å²) in [5.41, 5.74) is 2.29. The van der Waals surface area contributed by atoms with Crippen LogP contribution in [0.15, 0.2) is 42.5 Å². The summed E-state index contributed by atoms with van der Waals surface area (Å²) in [5.74, 6) is -1.25. The quantitative estimate of drug-likeness (QED) is 0.752. The van der Waals surface area contributed by atoms with Gasteiger partial charge in [-0.1, -0.05) is 19.1 Å². The summed E-state index contributed by atoms with van der Waals surface area (Å²) in [6.07, 6.45) is 1.22. The van der Waals surface area contributed by atoms with E-state index in [9.17, 15) is 14.0 Å². The lowest BCUT2D eigenvalue weighted by Crippen LogP contribution is -2.21. The van der Waals surface area contributed by atoms with Crippen molar-refractivity contribution in [3.8, 4) is 5.75 Å². The number of carbonyl (C=O) groups excluding carboxylic acids is 1. The Labute approximate surface area is 151 Å². The molecule has 2 aromatic carbocycles. The number of ether oxygens (including phenoxy) is 1. The molecule has 0 saturated heterocycles. The van der Waals surface area contributed by atoms with Crippen molar-refractivity contribution >= 4 is 17.6 Å². The molecule has 1 atom stereocenters. The molecule has 2 N–H and O–H groups in total. The minimum Gasteiger partial charge on any atom is -0.482 e. The van der Waals surface area contributed by atoms with Crippen LogP contribution in [0.25, 0.3) is 0 Å². The molecule has 0 aliphatic rings. The van der Waals surface area contributed by atoms with Crippen LogP contribution in [0, 0.1) is 18.7 Å². The Balaban J connectivity index is 1.90. The van der Waals surface area contributed by atoms with Gasteiger partial charge in [0.2, 0.25) is 5.91 Å². The molecule has 1 unspecified atom stereocenters. The van der Waals surface area contributed by atoms with E-state index >= 15 is 0 Å². The van der Waals surface area contributed by atoms with Gasteiger partial charge in [-0.2, -0.15) is 0 Å². The number of hydrogen-bond acceptors (Lipinski definition) is 3. The number of benzene rings is 2. The van der Waals surface area contributed by atoms with Gasteiger partial charge >= 0.3 is 5.97 Å². The van der Waals surface area contributed by atoms with Crippen molar-refractivity contribution in [2.24, 2.45) is 5.92 Å². The Kier molecular flexibility index (Phi) is 6.72. The molecular weight excluding hydrogens is 337 g/mol. The normalized spacial score (nSPS) is 11.7. The zero-order valence-corrected chi connectivity index (χ0v) is 14.8. The Hall–Kier alpha value is -2.89. The van der Waals surface area contributed by atoms with Crippen LogP contribution in [-0.2, 0) is 16.0 Å². The van der Waals surface area contributed by atoms with E-state index in [1.807, 2.05) is 13.0 Å². The minimum atomic E-state index is -1.05. The molecule has 0 aliphatic heterocycles. The number of amides is 1. The first-order valence-corrected chi connectivity index (χ1v) is 8.35. The number of nitrogens with one attached hydrogen (secondary N) is 1. The molecule has 0 spiro atoms. The molecule has 138 valence electrons. The summed E-state index contributed by atoms with van der Waals surface area (Å²) in [6.45, 7) is 3.22. The predicted octanol–water partition coefficient (Wildman–Crippen LogP) is 3.80. The first-order chi connectivity index (χ1) is 12.3. The largest absolute Gasteiger partial charge is 0.482 e. The molecule has 5 nitrogen and oxygen atoms in total. The van der Waals surface area contributed by atoms with Gasteiger partial charge in [0.1, 0.15) is 11.6 Å². The fraction of sp³-hybridized carbons (Fsp3) is 0.300. The van der Waals surface area contributed by atoms with Crippen LogP contribution in [0.2, 0.25) is 0 Å². The summed E-state index contributed by atoms with van der Waals surface area (Å²) in [6, 6.07) is 11.3. The number of hydrogen-bond donors (Lipinski definition) is 2. The van der Waals surface area contributed by atoms with Gasteiger partial charge < -0.3 is 15.2 Å². The molecule has 0 aliphatic carbocycles. The standard InChI is InChI=1S/C20H22FNO4/c1-13(6-7-15-4-3-5-16(21)11-15)20(25)22-18-9-8-17(10-14(18)2)26-12-19(23)24/h3-5,8-11,13H,6-7,12H2,1-2H3,(H,22,25)(H,23,24). The molecule has 0 fully saturated rings. The molecule has 1 amide bonds. The lowest BCUT2D eigenvalue weighted by molar-refractivity contribution is -0.139. The second-order valence-electron chi connectivity index (χ2n) is 6.22. The van der Waals surface area contributed by atoms with E-state index in [0.717, 1.165) is 11.1 Å². The fourth-order valence-corrected chi connectivity index (χ4v) is 2.47. The van der Waals surface area contributed by atoms with Gasteiger partial charge in [-0.3, -0.25) is 4.79 Å². The maximum Gasteiger partial charge on any atom is 0.341 e. The first kappa shape index (κ1) is 19.4. The molecule has 0 aromatic heterocycles. The second-order valence-corrected chi connectivity index (χ2v) is 6.22. The average molecular weight is 359 g/mol. The highest BCUT2D eigenvalue weighted by Gasteiger charge is 2.14. The van der Waals surface area contributed by atoms with Crippen LogP contribution in [0.3, 0.4) is 0 Å². The smallest absolute Gasteiger partial charge is 0.341 e. The predicted molar refractivity (Wildman–Crippen MR) is 96.8 cm³/mol. The molecule has 0 heterocycles. The zero-order chi connectivity index (χ0) is 19.1. The third kappa shape index (κ3) is 5.88. The highest BCUT2D eigenvalue weighted by Crippen LogP contribution is 2.22. The third-order valence-corrected chi connectivity index (χ3v) is 4.02. The topological polar surface area (TPSA) is 75.6 Å². The van der Waals surface area contributed by atoms with Crippen LogP contribution >= 0.6 is 0 Å². The summed E-state index contributed by atoms with van der Waals surface area (Å²) in [5, 5.41) is 11.5. The molecule has 6 heteroatoms. The molecule has 2 rings (SSSR count). The van der Waals surface area contributed by atoms with Gasteiger partial charge in [0.15, 0.2) is 6.61 Å². The minimum absolute atomic E-state index is 0.122. The number of rotatable bonds is 8. The van der Waals surface area contributed by atoms with Gasteiger partial charge in [-0.05, 0) is 61.2 Å². The molecular formula is C20H22FNO4. The highest BCUT2D eigenvalue weighted by atomic mass is 19.1. The number of carbonyl (C=O) groups is 2. The van der Waals surface area contributed by atoms with Gasteiger partial charge in [0.25, 0.3) is 0 Å². The van der Waals surface area contributed by atoms with Crippen LogP contribution < -0.4 is 10.1 Å². The summed E-state index contributed by atoms with van der Waals surface area (Å²) >= 11 is 0. The number of halogens is 1. The van der Waals surface area contributed by atoms with Crippen molar-refractivity contribution in [2.45, 2.75) is 26.7 Å². The third-order valence-electron chi connectivity index (χ3n) is 4.02. The Morgan fingerprint density at radius 3 is 2.65 bits per heavy atom. The van der Waals surface area contributed by atoms with Crippen molar-refractivity contribution in [1.29, 1.82) is 0 Å². The molecule has 0 saturated carbocycles. The van der Waals surface area contributed by atoms with Crippen LogP contribution in [-0.4, -0.2) is 23.6 Å². The van der Waals surface area contributed by atoms with Gasteiger partial charge in [-0.25, -0.2) is 9.18 Å². The monoisotopic (exact) mass is 359 g/mol. The fourth-order valence-electron chi connectivity index (χ4n) is 2.47. The van der Waals surface area contributed by atoms with Gasteiger partial charge in [0.05, 0.1) is 0 Å². The number of carboxylic acid groups (broad SMARTS) is 1. The second kappa shape index (κ2) is 8.99.